The third kappa shape index (κ3) is 2.33. The molecule has 2 nitrogen and oxygen atoms in total. The quantitative estimate of drug-likeness (QED) is 0.357. The fourth-order valence-electron chi connectivity index (χ4n) is 5.78. The maximum atomic E-state index is 6.43. The molecule has 0 amide bonds. The number of nitrogens with two attached hydrogens (primary N) is 1. The van der Waals surface area contributed by atoms with E-state index >= 15 is 0 Å². The van der Waals surface area contributed by atoms with Gasteiger partial charge in [-0.05, 0) is 64.1 Å². The van der Waals surface area contributed by atoms with Crippen molar-refractivity contribution in [3.63, 3.8) is 0 Å². The van der Waals surface area contributed by atoms with Crippen molar-refractivity contribution >= 4 is 11.4 Å². The highest BCUT2D eigenvalue weighted by atomic mass is 15.0. The number of hydrogen-bond donors (Lipinski definition) is 2. The zero-order chi connectivity index (χ0) is 21.4. The second-order valence-electron chi connectivity index (χ2n) is 9.50. The van der Waals surface area contributed by atoms with Gasteiger partial charge in [-0.3, -0.25) is 0 Å². The Morgan fingerprint density at radius 3 is 2.06 bits per heavy atom. The summed E-state index contributed by atoms with van der Waals surface area (Å²) in [5.74, 6) is 0. The van der Waals surface area contributed by atoms with E-state index in [-0.39, 0.29) is 11.0 Å². The van der Waals surface area contributed by atoms with Gasteiger partial charge in [0.2, 0.25) is 0 Å². The molecule has 1 unspecified atom stereocenters. The molecule has 0 aliphatic heterocycles. The van der Waals surface area contributed by atoms with Gasteiger partial charge in [-0.25, -0.2) is 0 Å². The first-order chi connectivity index (χ1) is 14.9. The molecule has 0 fully saturated rings. The maximum absolute atomic E-state index is 6.43. The lowest BCUT2D eigenvalue weighted by molar-refractivity contribution is 0.657. The smallest absolute Gasteiger partial charge is 0.0863 e. The summed E-state index contributed by atoms with van der Waals surface area (Å²) in [6.07, 6.45) is 0. The molecular weight excluding hydrogens is 376 g/mol. The summed E-state index contributed by atoms with van der Waals surface area (Å²) in [6.45, 7) is 6.91. The first-order valence-electron chi connectivity index (χ1n) is 10.9. The largest absolute Gasteiger partial charge is 0.398 e. The third-order valence-corrected chi connectivity index (χ3v) is 7.35. The van der Waals surface area contributed by atoms with Crippen molar-refractivity contribution in [1.82, 2.24) is 0 Å². The predicted molar refractivity (Wildman–Crippen MR) is 130 cm³/mol. The summed E-state index contributed by atoms with van der Waals surface area (Å²) in [5, 5.41) is 3.90. The highest BCUT2D eigenvalue weighted by molar-refractivity contribution is 5.90. The van der Waals surface area contributed by atoms with Gasteiger partial charge in [0.1, 0.15) is 0 Å². The molecule has 0 radical (unpaired) electrons. The van der Waals surface area contributed by atoms with E-state index in [0.717, 1.165) is 16.9 Å². The van der Waals surface area contributed by atoms with Crippen molar-refractivity contribution in [2.24, 2.45) is 0 Å². The minimum Gasteiger partial charge on any atom is -0.398 e. The van der Waals surface area contributed by atoms with Crippen LogP contribution in [0.5, 0.6) is 0 Å². The van der Waals surface area contributed by atoms with E-state index in [2.05, 4.69) is 105 Å². The molecule has 0 saturated carbocycles. The van der Waals surface area contributed by atoms with Gasteiger partial charge in [-0.15, -0.1) is 0 Å². The highest BCUT2D eigenvalue weighted by Crippen LogP contribution is 2.53. The van der Waals surface area contributed by atoms with Gasteiger partial charge in [-0.2, -0.15) is 0 Å². The SMILES string of the molecule is CC1(C)c2ccccc2-c2ccc(NC3(C)c4ccccc4-c4c(N)cccc43)cc21. The Balaban J connectivity index is 1.49. The van der Waals surface area contributed by atoms with E-state index in [1.807, 2.05) is 6.07 Å². The van der Waals surface area contributed by atoms with E-state index in [4.69, 9.17) is 5.73 Å². The average molecular weight is 403 g/mol. The van der Waals surface area contributed by atoms with Crippen LogP contribution >= 0.6 is 0 Å². The maximum Gasteiger partial charge on any atom is 0.0863 e. The molecule has 0 saturated heterocycles. The van der Waals surface area contributed by atoms with Crippen LogP contribution in [0, 0.1) is 0 Å². The molecule has 4 aromatic carbocycles. The van der Waals surface area contributed by atoms with Gasteiger partial charge in [-0.1, -0.05) is 80.6 Å². The van der Waals surface area contributed by atoms with Gasteiger partial charge in [0.05, 0.1) is 5.54 Å². The van der Waals surface area contributed by atoms with Crippen LogP contribution in [0.1, 0.15) is 43.0 Å². The van der Waals surface area contributed by atoms with E-state index in [0.29, 0.717) is 0 Å². The van der Waals surface area contributed by atoms with Gasteiger partial charge in [0.25, 0.3) is 0 Å². The lowest BCUT2D eigenvalue weighted by Crippen LogP contribution is -2.31. The Bertz CT molecular complexity index is 1370. The number of hydrogen-bond acceptors (Lipinski definition) is 2. The topological polar surface area (TPSA) is 38.0 Å². The Morgan fingerprint density at radius 2 is 1.26 bits per heavy atom. The number of benzene rings is 4. The van der Waals surface area contributed by atoms with Crippen LogP contribution in [-0.2, 0) is 11.0 Å². The predicted octanol–water partition coefficient (Wildman–Crippen LogP) is 6.93. The van der Waals surface area contributed by atoms with Crippen LogP contribution < -0.4 is 11.1 Å². The third-order valence-electron chi connectivity index (χ3n) is 7.35. The first-order valence-corrected chi connectivity index (χ1v) is 10.9. The van der Waals surface area contributed by atoms with Crippen LogP contribution in [0.2, 0.25) is 0 Å². The minimum absolute atomic E-state index is 0.0135. The molecule has 31 heavy (non-hydrogen) atoms. The van der Waals surface area contributed by atoms with Crippen molar-refractivity contribution in [1.29, 1.82) is 0 Å². The lowest BCUT2D eigenvalue weighted by atomic mass is 9.82. The lowest BCUT2D eigenvalue weighted by Gasteiger charge is -2.31. The fraction of sp³-hybridized carbons (Fsp3) is 0.172. The van der Waals surface area contributed by atoms with Crippen LogP contribution in [0.4, 0.5) is 11.4 Å². The normalized spacial score (nSPS) is 19.3. The summed E-state index contributed by atoms with van der Waals surface area (Å²) in [5.41, 5.74) is 18.4. The van der Waals surface area contributed by atoms with Gasteiger partial charge < -0.3 is 11.1 Å². The molecule has 2 heteroatoms. The molecule has 0 bridgehead atoms. The molecule has 6 rings (SSSR count). The van der Waals surface area contributed by atoms with Gasteiger partial charge in [0, 0.05) is 22.4 Å². The second-order valence-corrected chi connectivity index (χ2v) is 9.50. The van der Waals surface area contributed by atoms with Crippen LogP contribution in [0.15, 0.2) is 84.9 Å². The van der Waals surface area contributed by atoms with Gasteiger partial charge in [0.15, 0.2) is 0 Å². The van der Waals surface area contributed by atoms with E-state index in [1.165, 1.54) is 38.9 Å². The molecule has 0 spiro atoms. The molecule has 152 valence electrons. The minimum atomic E-state index is -0.342. The molecule has 4 aromatic rings. The fourth-order valence-corrected chi connectivity index (χ4v) is 5.78. The summed E-state index contributed by atoms with van der Waals surface area (Å²) >= 11 is 0. The molecule has 0 heterocycles. The zero-order valence-corrected chi connectivity index (χ0v) is 18.2. The monoisotopic (exact) mass is 402 g/mol. The van der Waals surface area contributed by atoms with Crippen LogP contribution in [0.25, 0.3) is 22.3 Å². The highest BCUT2D eigenvalue weighted by Gasteiger charge is 2.41. The van der Waals surface area contributed by atoms with Crippen LogP contribution in [-0.4, -0.2) is 0 Å². The molecular formula is C29H26N2. The standard InChI is InChI=1S/C29H26N2/c1-28(2)22-11-6-4-9-19(22)20-16-15-18(17-25(20)28)31-29(3)23-12-7-5-10-21(23)27-24(29)13-8-14-26(27)30/h4-17,31H,30H2,1-3H3. The molecule has 0 aromatic heterocycles. The van der Waals surface area contributed by atoms with E-state index < -0.39 is 0 Å². The van der Waals surface area contributed by atoms with Crippen molar-refractivity contribution in [2.45, 2.75) is 31.7 Å². The average Bonchev–Trinajstić information content (AvgIpc) is 3.16. The van der Waals surface area contributed by atoms with Crippen molar-refractivity contribution in [3.8, 4) is 22.3 Å². The Hall–Kier alpha value is -3.52. The first kappa shape index (κ1) is 18.3. The molecule has 2 aliphatic rings. The number of fused-ring (bicyclic) bond motifs is 6. The second kappa shape index (κ2) is 6.01. The van der Waals surface area contributed by atoms with E-state index in [9.17, 15) is 0 Å². The van der Waals surface area contributed by atoms with Crippen molar-refractivity contribution in [3.05, 3.63) is 107 Å². The van der Waals surface area contributed by atoms with Crippen molar-refractivity contribution in [2.75, 3.05) is 11.1 Å². The summed E-state index contributed by atoms with van der Waals surface area (Å²) in [4.78, 5) is 0. The Kier molecular flexibility index (Phi) is 3.54. The number of anilines is 2. The summed E-state index contributed by atoms with van der Waals surface area (Å²) in [6, 6.07) is 30.5. The number of nitrogen functional groups attached to an aromatic ring is 1. The Morgan fingerprint density at radius 1 is 0.613 bits per heavy atom. The molecule has 1 atom stereocenters. The van der Waals surface area contributed by atoms with E-state index in [1.54, 1.807) is 0 Å². The van der Waals surface area contributed by atoms with Crippen LogP contribution in [0.3, 0.4) is 0 Å². The summed E-state index contributed by atoms with van der Waals surface area (Å²) in [7, 11) is 0. The summed E-state index contributed by atoms with van der Waals surface area (Å²) < 4.78 is 0. The number of nitrogens with one attached hydrogen (secondary N) is 1. The Labute approximate surface area is 183 Å². The molecule has 3 N–H and O–H groups in total. The zero-order valence-electron chi connectivity index (χ0n) is 18.2. The molecule has 2 aliphatic carbocycles. The van der Waals surface area contributed by atoms with Crippen molar-refractivity contribution < 1.29 is 0 Å². The van der Waals surface area contributed by atoms with Gasteiger partial charge >= 0.3 is 0 Å². The number of rotatable bonds is 2.